The van der Waals surface area contributed by atoms with Gasteiger partial charge in [-0.05, 0) is 94.0 Å². The average Bonchev–Trinajstić information content (AvgIpc) is 3.28. The van der Waals surface area contributed by atoms with Crippen molar-refractivity contribution in [2.75, 3.05) is 12.4 Å². The van der Waals surface area contributed by atoms with Crippen LogP contribution in [0.1, 0.15) is 44.3 Å². The van der Waals surface area contributed by atoms with Crippen molar-refractivity contribution in [1.82, 2.24) is 10.2 Å². The van der Waals surface area contributed by atoms with Gasteiger partial charge in [0.1, 0.15) is 30.2 Å². The standard InChI is InChI=1S/C48H38Cl3N3O7/c1-59-48(58)41(22-28-7-10-30(11-8-28)31-12-16-36(49)17-13-31)53-45(55)42-24-34-23-40-43(25-35(34)26-54(42)47(57)33-5-3-2-4-6-33)61-44(46(56)52-40)32-14-18-37(19-15-32)60-27-29-9-20-38(50)39(51)21-29/h2-21,23,25,41-42,44H,22,24,26-27H2,1H3,(H,52,56)(H,53,55)/t41?,42-,44-/m0/s1. The maximum atomic E-state index is 14.3. The number of methoxy groups -OCH3 is 1. The van der Waals surface area contributed by atoms with Gasteiger partial charge in [0.25, 0.3) is 11.8 Å². The quantitative estimate of drug-likeness (QED) is 0.124. The van der Waals surface area contributed by atoms with Crippen molar-refractivity contribution in [2.24, 2.45) is 0 Å². The first-order valence-electron chi connectivity index (χ1n) is 19.4. The van der Waals surface area contributed by atoms with Crippen molar-refractivity contribution >= 4 is 64.2 Å². The van der Waals surface area contributed by atoms with E-state index in [4.69, 9.17) is 49.0 Å². The summed E-state index contributed by atoms with van der Waals surface area (Å²) in [5, 5.41) is 7.39. The van der Waals surface area contributed by atoms with E-state index >= 15 is 0 Å². The molecule has 6 aromatic carbocycles. The molecule has 6 aromatic rings. The van der Waals surface area contributed by atoms with Crippen LogP contribution < -0.4 is 20.1 Å². The molecular formula is C48H38Cl3N3O7. The van der Waals surface area contributed by atoms with Crippen LogP contribution in [0.15, 0.2) is 133 Å². The fourth-order valence-corrected chi connectivity index (χ4v) is 7.90. The van der Waals surface area contributed by atoms with Crippen LogP contribution in [0.3, 0.4) is 0 Å². The molecule has 0 saturated heterocycles. The summed E-state index contributed by atoms with van der Waals surface area (Å²) in [5.74, 6) is -0.864. The molecule has 2 heterocycles. The number of carbonyl (C=O) groups is 4. The first-order valence-corrected chi connectivity index (χ1v) is 20.6. The lowest BCUT2D eigenvalue weighted by Gasteiger charge is -2.38. The summed E-state index contributed by atoms with van der Waals surface area (Å²) in [4.78, 5) is 56.6. The van der Waals surface area contributed by atoms with E-state index in [-0.39, 0.29) is 37.8 Å². The first kappa shape index (κ1) is 41.4. The van der Waals surface area contributed by atoms with E-state index in [0.29, 0.717) is 43.4 Å². The second-order valence-electron chi connectivity index (χ2n) is 14.7. The van der Waals surface area contributed by atoms with E-state index in [0.717, 1.165) is 33.4 Å². The van der Waals surface area contributed by atoms with Gasteiger partial charge in [-0.25, -0.2) is 4.79 Å². The second-order valence-corrected chi connectivity index (χ2v) is 16.0. The van der Waals surface area contributed by atoms with Gasteiger partial charge in [-0.2, -0.15) is 0 Å². The number of carbonyl (C=O) groups excluding carboxylic acids is 4. The van der Waals surface area contributed by atoms with Gasteiger partial charge in [0, 0.05) is 35.5 Å². The van der Waals surface area contributed by atoms with Crippen molar-refractivity contribution in [3.05, 3.63) is 182 Å². The number of esters is 1. The molecule has 308 valence electrons. The number of amides is 3. The molecule has 0 saturated carbocycles. The molecule has 3 amide bonds. The van der Waals surface area contributed by atoms with Crippen LogP contribution in [0.25, 0.3) is 11.1 Å². The molecule has 0 aromatic heterocycles. The highest BCUT2D eigenvalue weighted by molar-refractivity contribution is 6.42. The van der Waals surface area contributed by atoms with Crippen LogP contribution in [0.2, 0.25) is 15.1 Å². The molecular weight excluding hydrogens is 837 g/mol. The van der Waals surface area contributed by atoms with Crippen LogP contribution in [0, 0.1) is 0 Å². The summed E-state index contributed by atoms with van der Waals surface area (Å²) in [6, 6.07) is 37.7. The third-order valence-corrected chi connectivity index (χ3v) is 11.7. The minimum absolute atomic E-state index is 0.0658. The van der Waals surface area contributed by atoms with Gasteiger partial charge in [0.2, 0.25) is 12.0 Å². The Labute approximate surface area is 367 Å². The predicted octanol–water partition coefficient (Wildman–Crippen LogP) is 9.43. The van der Waals surface area contributed by atoms with E-state index in [2.05, 4.69) is 10.6 Å². The number of fused-ring (bicyclic) bond motifs is 2. The zero-order valence-corrected chi connectivity index (χ0v) is 35.0. The molecule has 0 radical (unpaired) electrons. The van der Waals surface area contributed by atoms with E-state index in [9.17, 15) is 19.2 Å². The van der Waals surface area contributed by atoms with E-state index < -0.39 is 30.1 Å². The summed E-state index contributed by atoms with van der Waals surface area (Å²) >= 11 is 18.2. The highest BCUT2D eigenvalue weighted by Crippen LogP contribution is 2.40. The fraction of sp³-hybridized carbons (Fsp3) is 0.167. The zero-order chi connectivity index (χ0) is 42.6. The number of hydrogen-bond acceptors (Lipinski definition) is 7. The SMILES string of the molecule is COC(=O)C(Cc1ccc(-c2ccc(Cl)cc2)cc1)NC(=O)[C@@H]1Cc2cc3c(cc2CN1C(=O)c1ccccc1)O[C@@H](c1ccc(OCc2ccc(Cl)c(Cl)c2)cc1)C(=O)N3. The third kappa shape index (κ3) is 9.37. The fourth-order valence-electron chi connectivity index (χ4n) is 7.45. The normalized spacial score (nSPS) is 15.9. The van der Waals surface area contributed by atoms with Gasteiger partial charge in [0.05, 0.1) is 22.8 Å². The van der Waals surface area contributed by atoms with Crippen molar-refractivity contribution in [3.8, 4) is 22.6 Å². The van der Waals surface area contributed by atoms with E-state index in [1.165, 1.54) is 12.0 Å². The lowest BCUT2D eigenvalue weighted by Crippen LogP contribution is -2.56. The van der Waals surface area contributed by atoms with Gasteiger partial charge in [-0.15, -0.1) is 0 Å². The Kier molecular flexibility index (Phi) is 12.3. The predicted molar refractivity (Wildman–Crippen MR) is 234 cm³/mol. The number of nitrogens with one attached hydrogen (secondary N) is 2. The Morgan fingerprint density at radius 2 is 1.49 bits per heavy atom. The van der Waals surface area contributed by atoms with Crippen LogP contribution >= 0.6 is 34.8 Å². The Morgan fingerprint density at radius 3 is 2.18 bits per heavy atom. The van der Waals surface area contributed by atoms with Gasteiger partial charge in [-0.3, -0.25) is 14.4 Å². The molecule has 3 atom stereocenters. The first-order chi connectivity index (χ1) is 29.5. The maximum absolute atomic E-state index is 14.3. The molecule has 0 aliphatic carbocycles. The highest BCUT2D eigenvalue weighted by atomic mass is 35.5. The Hall–Kier alpha value is -6.33. The molecule has 2 aliphatic heterocycles. The monoisotopic (exact) mass is 873 g/mol. The van der Waals surface area contributed by atoms with Crippen molar-refractivity contribution in [1.29, 1.82) is 0 Å². The summed E-state index contributed by atoms with van der Waals surface area (Å²) in [6.45, 7) is 0.338. The summed E-state index contributed by atoms with van der Waals surface area (Å²) in [6.07, 6.45) is -0.690. The number of anilines is 1. The summed E-state index contributed by atoms with van der Waals surface area (Å²) < 4.78 is 17.3. The Bertz CT molecular complexity index is 2610. The molecule has 8 rings (SSSR count). The van der Waals surface area contributed by atoms with Gasteiger partial charge in [-0.1, -0.05) is 108 Å². The second kappa shape index (κ2) is 18.1. The highest BCUT2D eigenvalue weighted by Gasteiger charge is 2.39. The van der Waals surface area contributed by atoms with Crippen LogP contribution in [-0.2, 0) is 45.1 Å². The Morgan fingerprint density at radius 1 is 0.803 bits per heavy atom. The molecule has 10 nitrogen and oxygen atoms in total. The molecule has 2 aliphatic rings. The van der Waals surface area contributed by atoms with Crippen molar-refractivity contribution in [2.45, 2.75) is 44.2 Å². The third-order valence-electron chi connectivity index (χ3n) is 10.7. The van der Waals surface area contributed by atoms with Crippen LogP contribution in [0.4, 0.5) is 5.69 Å². The summed E-state index contributed by atoms with van der Waals surface area (Å²) in [5.41, 5.74) is 6.54. The van der Waals surface area contributed by atoms with E-state index in [1.807, 2.05) is 60.7 Å². The minimum atomic E-state index is -1.04. The number of benzene rings is 6. The molecule has 2 N–H and O–H groups in total. The van der Waals surface area contributed by atoms with Gasteiger partial charge in [0.15, 0.2) is 0 Å². The van der Waals surface area contributed by atoms with Gasteiger partial charge < -0.3 is 29.7 Å². The largest absolute Gasteiger partial charge is 0.489 e. The lowest BCUT2D eigenvalue weighted by molar-refractivity contribution is -0.145. The number of nitrogens with zero attached hydrogens (tertiary/aromatic N) is 1. The number of ether oxygens (including phenoxy) is 3. The molecule has 61 heavy (non-hydrogen) atoms. The van der Waals surface area contributed by atoms with Gasteiger partial charge >= 0.3 is 5.97 Å². The zero-order valence-electron chi connectivity index (χ0n) is 32.7. The van der Waals surface area contributed by atoms with Crippen LogP contribution in [-0.4, -0.2) is 47.8 Å². The Balaban J connectivity index is 1.00. The number of hydrogen-bond donors (Lipinski definition) is 2. The summed E-state index contributed by atoms with van der Waals surface area (Å²) in [7, 11) is 1.27. The lowest BCUT2D eigenvalue weighted by atomic mass is 9.91. The topological polar surface area (TPSA) is 123 Å². The van der Waals surface area contributed by atoms with E-state index in [1.54, 1.807) is 72.8 Å². The smallest absolute Gasteiger partial charge is 0.328 e. The molecule has 13 heteroatoms. The number of halogens is 3. The minimum Gasteiger partial charge on any atom is -0.489 e. The van der Waals surface area contributed by atoms with Crippen molar-refractivity contribution < 1.29 is 33.4 Å². The van der Waals surface area contributed by atoms with Crippen LogP contribution in [0.5, 0.6) is 11.5 Å². The molecule has 0 bridgehead atoms. The number of rotatable bonds is 11. The average molecular weight is 875 g/mol. The molecule has 0 spiro atoms. The molecule has 1 unspecified atom stereocenters. The van der Waals surface area contributed by atoms with Crippen molar-refractivity contribution in [3.63, 3.8) is 0 Å². The maximum Gasteiger partial charge on any atom is 0.328 e. The molecule has 0 fully saturated rings.